The van der Waals surface area contributed by atoms with Gasteiger partial charge in [0.25, 0.3) is 5.91 Å². The minimum absolute atomic E-state index is 0.0565. The number of anilines is 1. The first-order valence-electron chi connectivity index (χ1n) is 7.78. The Morgan fingerprint density at radius 2 is 1.64 bits per heavy atom. The van der Waals surface area contributed by atoms with Crippen molar-refractivity contribution >= 4 is 29.4 Å². The van der Waals surface area contributed by atoms with Crippen molar-refractivity contribution in [2.45, 2.75) is 6.92 Å². The monoisotopic (exact) mass is 336 g/mol. The molecular weight excluding hydrogens is 316 g/mol. The molecule has 0 heterocycles. The van der Waals surface area contributed by atoms with Gasteiger partial charge in [-0.2, -0.15) is 0 Å². The van der Waals surface area contributed by atoms with E-state index in [1.54, 1.807) is 68.7 Å². The molecule has 5 heteroatoms. The summed E-state index contributed by atoms with van der Waals surface area (Å²) in [6.07, 6.45) is 3.07. The van der Waals surface area contributed by atoms with Crippen molar-refractivity contribution in [3.8, 4) is 0 Å². The van der Waals surface area contributed by atoms with Crippen LogP contribution in [-0.2, 0) is 4.79 Å². The first-order chi connectivity index (χ1) is 11.9. The van der Waals surface area contributed by atoms with E-state index in [4.69, 9.17) is 0 Å². The Kier molecular flexibility index (Phi) is 5.84. The highest BCUT2D eigenvalue weighted by Gasteiger charge is 2.06. The van der Waals surface area contributed by atoms with Crippen LogP contribution in [0.5, 0.6) is 0 Å². The zero-order chi connectivity index (χ0) is 18.4. The molecule has 0 aliphatic rings. The maximum absolute atomic E-state index is 12.0. The van der Waals surface area contributed by atoms with E-state index in [9.17, 15) is 14.4 Å². The Morgan fingerprint density at radius 1 is 0.960 bits per heavy atom. The van der Waals surface area contributed by atoms with Gasteiger partial charge in [0.05, 0.1) is 0 Å². The van der Waals surface area contributed by atoms with Gasteiger partial charge in [-0.1, -0.05) is 24.3 Å². The number of Topliss-reactive ketones (excluding diaryl/α,β-unsaturated/α-hetero) is 1. The van der Waals surface area contributed by atoms with Crippen LogP contribution < -0.4 is 5.32 Å². The van der Waals surface area contributed by atoms with E-state index in [2.05, 4.69) is 5.32 Å². The molecule has 2 amide bonds. The average Bonchev–Trinajstić information content (AvgIpc) is 2.60. The molecule has 0 aromatic heterocycles. The van der Waals surface area contributed by atoms with Crippen molar-refractivity contribution in [3.63, 3.8) is 0 Å². The number of hydrogen-bond acceptors (Lipinski definition) is 3. The minimum atomic E-state index is -0.297. The van der Waals surface area contributed by atoms with Gasteiger partial charge in [-0.3, -0.25) is 14.4 Å². The third-order valence-electron chi connectivity index (χ3n) is 3.53. The van der Waals surface area contributed by atoms with Crippen LogP contribution in [-0.4, -0.2) is 36.6 Å². The van der Waals surface area contributed by atoms with Crippen LogP contribution in [0.2, 0.25) is 0 Å². The highest BCUT2D eigenvalue weighted by atomic mass is 16.2. The fourth-order valence-electron chi connectivity index (χ4n) is 2.17. The summed E-state index contributed by atoms with van der Waals surface area (Å²) in [6, 6.07) is 13.8. The molecule has 5 nitrogen and oxygen atoms in total. The van der Waals surface area contributed by atoms with Gasteiger partial charge in [-0.05, 0) is 42.8 Å². The van der Waals surface area contributed by atoms with Crippen molar-refractivity contribution in [3.05, 3.63) is 71.3 Å². The SMILES string of the molecule is CC(=O)c1cccc(NC(=O)/C=C/c2ccc(C(=O)N(C)C)cc2)c1. The van der Waals surface area contributed by atoms with Gasteiger partial charge in [0.1, 0.15) is 0 Å². The smallest absolute Gasteiger partial charge is 0.253 e. The normalized spacial score (nSPS) is 10.5. The first kappa shape index (κ1) is 18.1. The predicted molar refractivity (Wildman–Crippen MR) is 98.6 cm³/mol. The molecule has 2 aromatic carbocycles. The molecule has 0 radical (unpaired) electrons. The maximum Gasteiger partial charge on any atom is 0.253 e. The third-order valence-corrected chi connectivity index (χ3v) is 3.53. The second kappa shape index (κ2) is 8.06. The van der Waals surface area contributed by atoms with Crippen molar-refractivity contribution in [2.75, 3.05) is 19.4 Å². The molecule has 0 aliphatic heterocycles. The topological polar surface area (TPSA) is 66.5 Å². The van der Waals surface area contributed by atoms with E-state index in [0.717, 1.165) is 5.56 Å². The number of hydrogen-bond donors (Lipinski definition) is 1. The Morgan fingerprint density at radius 3 is 2.24 bits per heavy atom. The van der Waals surface area contributed by atoms with Crippen LogP contribution in [0.4, 0.5) is 5.69 Å². The summed E-state index contributed by atoms with van der Waals surface area (Å²) in [7, 11) is 3.39. The standard InChI is InChI=1S/C20H20N2O3/c1-14(23)17-5-4-6-18(13-17)21-19(24)12-9-15-7-10-16(11-8-15)20(25)22(2)3/h4-13H,1-3H3,(H,21,24)/b12-9+. The molecule has 25 heavy (non-hydrogen) atoms. The lowest BCUT2D eigenvalue weighted by molar-refractivity contribution is -0.111. The number of ketones is 1. The zero-order valence-corrected chi connectivity index (χ0v) is 14.4. The second-order valence-corrected chi connectivity index (χ2v) is 5.78. The molecule has 0 unspecified atom stereocenters. The summed E-state index contributed by atoms with van der Waals surface area (Å²) in [6.45, 7) is 1.48. The number of nitrogens with one attached hydrogen (secondary N) is 1. The number of carbonyl (C=O) groups is 3. The molecule has 1 N–H and O–H groups in total. The van der Waals surface area contributed by atoms with Crippen molar-refractivity contribution in [2.24, 2.45) is 0 Å². The Hall–Kier alpha value is -3.21. The number of amides is 2. The van der Waals surface area contributed by atoms with Crippen LogP contribution in [0.3, 0.4) is 0 Å². The molecule has 128 valence electrons. The van der Waals surface area contributed by atoms with E-state index in [1.807, 2.05) is 0 Å². The molecule has 0 saturated heterocycles. The zero-order valence-electron chi connectivity index (χ0n) is 14.4. The van der Waals surface area contributed by atoms with Gasteiger partial charge < -0.3 is 10.2 Å². The minimum Gasteiger partial charge on any atom is -0.345 e. The van der Waals surface area contributed by atoms with Crippen LogP contribution >= 0.6 is 0 Å². The number of benzene rings is 2. The van der Waals surface area contributed by atoms with E-state index >= 15 is 0 Å². The van der Waals surface area contributed by atoms with Crippen LogP contribution in [0, 0.1) is 0 Å². The second-order valence-electron chi connectivity index (χ2n) is 5.78. The quantitative estimate of drug-likeness (QED) is 0.673. The summed E-state index contributed by atoms with van der Waals surface area (Å²) in [4.78, 5) is 36.7. The predicted octanol–water partition coefficient (Wildman–Crippen LogP) is 3.24. The highest BCUT2D eigenvalue weighted by Crippen LogP contribution is 2.12. The Balaban J connectivity index is 2.01. The summed E-state index contributed by atoms with van der Waals surface area (Å²) in [5.74, 6) is -0.424. The van der Waals surface area contributed by atoms with Crippen LogP contribution in [0.25, 0.3) is 6.08 Å². The molecule has 2 rings (SSSR count). The van der Waals surface area contributed by atoms with Gasteiger partial charge in [-0.25, -0.2) is 0 Å². The Labute approximate surface area is 147 Å². The Bertz CT molecular complexity index is 821. The molecule has 0 bridgehead atoms. The largest absolute Gasteiger partial charge is 0.345 e. The average molecular weight is 336 g/mol. The van der Waals surface area contributed by atoms with E-state index in [0.29, 0.717) is 16.8 Å². The van der Waals surface area contributed by atoms with Gasteiger partial charge in [0.15, 0.2) is 5.78 Å². The fraction of sp³-hybridized carbons (Fsp3) is 0.150. The summed E-state index contributed by atoms with van der Waals surface area (Å²) in [5, 5.41) is 2.71. The maximum atomic E-state index is 12.0. The number of carbonyl (C=O) groups excluding carboxylic acids is 3. The third kappa shape index (κ3) is 5.14. The lowest BCUT2D eigenvalue weighted by atomic mass is 10.1. The molecule has 0 fully saturated rings. The molecular formula is C20H20N2O3. The van der Waals surface area contributed by atoms with Gasteiger partial charge >= 0.3 is 0 Å². The molecule has 0 saturated carbocycles. The van der Waals surface area contributed by atoms with Crippen LogP contribution in [0.1, 0.15) is 33.2 Å². The lowest BCUT2D eigenvalue weighted by Crippen LogP contribution is -2.21. The van der Waals surface area contributed by atoms with Crippen molar-refractivity contribution < 1.29 is 14.4 Å². The molecule has 0 atom stereocenters. The number of nitrogens with zero attached hydrogens (tertiary/aromatic N) is 1. The van der Waals surface area contributed by atoms with Crippen LogP contribution in [0.15, 0.2) is 54.6 Å². The van der Waals surface area contributed by atoms with Gasteiger partial charge in [0.2, 0.25) is 5.91 Å². The van der Waals surface area contributed by atoms with E-state index < -0.39 is 0 Å². The van der Waals surface area contributed by atoms with E-state index in [-0.39, 0.29) is 17.6 Å². The van der Waals surface area contributed by atoms with Crippen molar-refractivity contribution in [1.29, 1.82) is 0 Å². The molecule has 0 spiro atoms. The molecule has 0 aliphatic carbocycles. The summed E-state index contributed by atoms with van der Waals surface area (Å²) in [5.41, 5.74) is 2.51. The molecule has 2 aromatic rings. The van der Waals surface area contributed by atoms with Gasteiger partial charge in [-0.15, -0.1) is 0 Å². The lowest BCUT2D eigenvalue weighted by Gasteiger charge is -2.09. The number of rotatable bonds is 5. The highest BCUT2D eigenvalue weighted by molar-refractivity contribution is 6.03. The fourth-order valence-corrected chi connectivity index (χ4v) is 2.17. The summed E-state index contributed by atoms with van der Waals surface area (Å²) >= 11 is 0. The first-order valence-corrected chi connectivity index (χ1v) is 7.78. The summed E-state index contributed by atoms with van der Waals surface area (Å²) < 4.78 is 0. The van der Waals surface area contributed by atoms with E-state index in [1.165, 1.54) is 17.9 Å². The van der Waals surface area contributed by atoms with Gasteiger partial charge in [0, 0.05) is 37.0 Å². The van der Waals surface area contributed by atoms with Crippen molar-refractivity contribution in [1.82, 2.24) is 4.90 Å².